The van der Waals surface area contributed by atoms with Crippen molar-refractivity contribution in [2.24, 2.45) is 0 Å². The highest BCUT2D eigenvalue weighted by molar-refractivity contribution is 7.95. The van der Waals surface area contributed by atoms with Gasteiger partial charge in [-0.05, 0) is 61.0 Å². The van der Waals surface area contributed by atoms with Gasteiger partial charge in [0, 0.05) is 11.2 Å². The fourth-order valence-electron chi connectivity index (χ4n) is 3.17. The van der Waals surface area contributed by atoms with E-state index < -0.39 is 26.1 Å². The summed E-state index contributed by atoms with van der Waals surface area (Å²) in [7, 11) is -4.31. The molecule has 4 rings (SSSR count). The summed E-state index contributed by atoms with van der Waals surface area (Å²) < 4.78 is 47.2. The molecule has 0 fully saturated rings. The Bertz CT molecular complexity index is 1660. The number of rotatable bonds is 5. The second-order valence-electron chi connectivity index (χ2n) is 7.13. The zero-order chi connectivity index (χ0) is 24.5. The van der Waals surface area contributed by atoms with E-state index in [1.807, 2.05) is 0 Å². The number of nitriles is 1. The van der Waals surface area contributed by atoms with Gasteiger partial charge in [0.1, 0.15) is 22.2 Å². The SMILES string of the molecule is Cc1cccn2c(=O)c(/C=C(/C#N)S(=O)(=O)c3ccc(Cl)cc3)c(Oc3ccccc3F)nc12. The van der Waals surface area contributed by atoms with Gasteiger partial charge in [-0.2, -0.15) is 10.2 Å². The molecule has 0 unspecified atom stereocenters. The van der Waals surface area contributed by atoms with E-state index in [4.69, 9.17) is 16.3 Å². The summed E-state index contributed by atoms with van der Waals surface area (Å²) in [6.07, 6.45) is 2.33. The highest BCUT2D eigenvalue weighted by Crippen LogP contribution is 2.28. The van der Waals surface area contributed by atoms with E-state index in [1.54, 1.807) is 25.1 Å². The second kappa shape index (κ2) is 9.09. The molecular formula is C24H15ClFN3O4S. The summed E-state index contributed by atoms with van der Waals surface area (Å²) in [5.74, 6) is -1.27. The Labute approximate surface area is 198 Å². The maximum atomic E-state index is 14.3. The van der Waals surface area contributed by atoms with E-state index in [2.05, 4.69) is 4.98 Å². The van der Waals surface area contributed by atoms with Gasteiger partial charge in [-0.3, -0.25) is 9.20 Å². The quantitative estimate of drug-likeness (QED) is 0.364. The lowest BCUT2D eigenvalue weighted by Crippen LogP contribution is -2.20. The van der Waals surface area contributed by atoms with Gasteiger partial charge < -0.3 is 4.74 Å². The molecule has 170 valence electrons. The Kier molecular flexibility index (Phi) is 6.20. The molecule has 2 aromatic heterocycles. The predicted molar refractivity (Wildman–Crippen MR) is 125 cm³/mol. The van der Waals surface area contributed by atoms with Crippen LogP contribution < -0.4 is 10.3 Å². The number of benzene rings is 2. The van der Waals surface area contributed by atoms with Gasteiger partial charge in [0.25, 0.3) is 5.56 Å². The first-order valence-electron chi connectivity index (χ1n) is 9.79. The molecule has 0 aliphatic heterocycles. The average Bonchev–Trinajstić information content (AvgIpc) is 2.81. The van der Waals surface area contributed by atoms with E-state index in [1.165, 1.54) is 53.1 Å². The number of sulfone groups is 1. The third kappa shape index (κ3) is 4.29. The summed E-state index contributed by atoms with van der Waals surface area (Å²) in [5.41, 5.74) is -0.169. The molecule has 4 aromatic rings. The first-order valence-corrected chi connectivity index (χ1v) is 11.7. The molecular weight excluding hydrogens is 481 g/mol. The third-order valence-electron chi connectivity index (χ3n) is 4.89. The van der Waals surface area contributed by atoms with Crippen molar-refractivity contribution in [1.29, 1.82) is 5.26 Å². The standard InChI is InChI=1S/C24H15ClFN3O4S/c1-15-5-4-12-29-22(15)28-23(33-21-7-3-2-6-20(21)26)19(24(29)30)13-18(14-27)34(31,32)17-10-8-16(25)9-11-17/h2-13H,1H3/b18-13-. The molecule has 10 heteroatoms. The highest BCUT2D eigenvalue weighted by atomic mass is 35.5. The zero-order valence-electron chi connectivity index (χ0n) is 17.6. The summed E-state index contributed by atoms with van der Waals surface area (Å²) in [5, 5.41) is 9.97. The minimum atomic E-state index is -4.31. The summed E-state index contributed by atoms with van der Waals surface area (Å²) >= 11 is 5.83. The number of pyridine rings is 1. The van der Waals surface area contributed by atoms with Gasteiger partial charge in [0.05, 0.1) is 4.90 Å². The summed E-state index contributed by atoms with van der Waals surface area (Å²) in [6.45, 7) is 1.72. The van der Waals surface area contributed by atoms with Crippen molar-refractivity contribution in [3.05, 3.63) is 104 Å². The lowest BCUT2D eigenvalue weighted by molar-refractivity contribution is 0.426. The molecule has 0 radical (unpaired) electrons. The number of para-hydroxylation sites is 1. The molecule has 0 saturated heterocycles. The molecule has 7 nitrogen and oxygen atoms in total. The van der Waals surface area contributed by atoms with Gasteiger partial charge in [0.2, 0.25) is 15.7 Å². The molecule has 0 aliphatic carbocycles. The topological polar surface area (TPSA) is 102 Å². The number of fused-ring (bicyclic) bond motifs is 1. The fourth-order valence-corrected chi connectivity index (χ4v) is 4.43. The van der Waals surface area contributed by atoms with Crippen LogP contribution in [0.1, 0.15) is 11.1 Å². The van der Waals surface area contributed by atoms with Crippen LogP contribution >= 0.6 is 11.6 Å². The van der Waals surface area contributed by atoms with Crippen LogP contribution in [0, 0.1) is 24.1 Å². The van der Waals surface area contributed by atoms with Crippen LogP contribution in [-0.4, -0.2) is 17.8 Å². The molecule has 34 heavy (non-hydrogen) atoms. The van der Waals surface area contributed by atoms with Gasteiger partial charge in [-0.1, -0.05) is 29.8 Å². The monoisotopic (exact) mass is 495 g/mol. The number of ether oxygens (including phenoxy) is 1. The van der Waals surface area contributed by atoms with Crippen molar-refractivity contribution in [1.82, 2.24) is 9.38 Å². The molecule has 0 atom stereocenters. The molecule has 0 bridgehead atoms. The third-order valence-corrected chi connectivity index (χ3v) is 6.82. The van der Waals surface area contributed by atoms with Crippen molar-refractivity contribution >= 4 is 33.2 Å². The van der Waals surface area contributed by atoms with Gasteiger partial charge >= 0.3 is 0 Å². The summed E-state index contributed by atoms with van der Waals surface area (Å²) in [4.78, 5) is 16.7. The minimum absolute atomic E-state index is 0.189. The van der Waals surface area contributed by atoms with Crippen molar-refractivity contribution in [2.75, 3.05) is 0 Å². The first-order chi connectivity index (χ1) is 16.2. The van der Waals surface area contributed by atoms with Gasteiger partial charge in [-0.15, -0.1) is 0 Å². The fraction of sp³-hybridized carbons (Fsp3) is 0.0417. The maximum Gasteiger partial charge on any atom is 0.269 e. The van der Waals surface area contributed by atoms with Crippen LogP contribution in [0.5, 0.6) is 11.6 Å². The van der Waals surface area contributed by atoms with Crippen molar-refractivity contribution in [3.8, 4) is 17.7 Å². The molecule has 2 aromatic carbocycles. The zero-order valence-corrected chi connectivity index (χ0v) is 19.1. The lowest BCUT2D eigenvalue weighted by atomic mass is 10.2. The molecule has 2 heterocycles. The second-order valence-corrected chi connectivity index (χ2v) is 9.49. The molecule has 0 saturated carbocycles. The number of nitrogens with zero attached hydrogens (tertiary/aromatic N) is 3. The Balaban J connectivity index is 1.98. The Morgan fingerprint density at radius 1 is 1.15 bits per heavy atom. The van der Waals surface area contributed by atoms with Crippen LogP contribution in [0.2, 0.25) is 5.02 Å². The largest absolute Gasteiger partial charge is 0.435 e. The number of aryl methyl sites for hydroxylation is 1. The Hall–Kier alpha value is -4.00. The molecule has 0 N–H and O–H groups in total. The highest BCUT2D eigenvalue weighted by Gasteiger charge is 2.24. The predicted octanol–water partition coefficient (Wildman–Crippen LogP) is 4.93. The van der Waals surface area contributed by atoms with Crippen LogP contribution in [-0.2, 0) is 9.84 Å². The smallest absolute Gasteiger partial charge is 0.269 e. The van der Waals surface area contributed by atoms with E-state index in [0.29, 0.717) is 10.6 Å². The maximum absolute atomic E-state index is 14.3. The van der Waals surface area contributed by atoms with Gasteiger partial charge in [-0.25, -0.2) is 12.8 Å². The minimum Gasteiger partial charge on any atom is -0.435 e. The van der Waals surface area contributed by atoms with Crippen molar-refractivity contribution in [2.45, 2.75) is 11.8 Å². The van der Waals surface area contributed by atoms with E-state index in [-0.39, 0.29) is 27.7 Å². The average molecular weight is 496 g/mol. The normalized spacial score (nSPS) is 11.9. The number of halogens is 2. The van der Waals surface area contributed by atoms with E-state index in [9.17, 15) is 22.9 Å². The molecule has 0 aliphatic rings. The van der Waals surface area contributed by atoms with Crippen molar-refractivity contribution in [3.63, 3.8) is 0 Å². The first kappa shape index (κ1) is 23.2. The van der Waals surface area contributed by atoms with Crippen LogP contribution in [0.15, 0.2) is 81.5 Å². The number of hydrogen-bond donors (Lipinski definition) is 0. The van der Waals surface area contributed by atoms with Crippen LogP contribution in [0.3, 0.4) is 0 Å². The van der Waals surface area contributed by atoms with Crippen molar-refractivity contribution < 1.29 is 17.5 Å². The van der Waals surface area contributed by atoms with E-state index >= 15 is 0 Å². The Morgan fingerprint density at radius 3 is 2.53 bits per heavy atom. The van der Waals surface area contributed by atoms with E-state index in [0.717, 1.165) is 12.1 Å². The van der Waals surface area contributed by atoms with Crippen LogP contribution in [0.25, 0.3) is 11.7 Å². The van der Waals surface area contributed by atoms with Crippen LogP contribution in [0.4, 0.5) is 4.39 Å². The summed E-state index contributed by atoms with van der Waals surface area (Å²) in [6, 6.07) is 15.7. The number of aromatic nitrogens is 2. The molecule has 0 spiro atoms. The number of hydrogen-bond acceptors (Lipinski definition) is 6. The lowest BCUT2D eigenvalue weighted by Gasteiger charge is -2.12. The Morgan fingerprint density at radius 2 is 1.85 bits per heavy atom. The number of allylic oxidation sites excluding steroid dienone is 1. The molecule has 0 amide bonds. The van der Waals surface area contributed by atoms with Gasteiger partial charge in [0.15, 0.2) is 11.6 Å².